The number of fused-ring (bicyclic) bond motifs is 1. The van der Waals surface area contributed by atoms with Gasteiger partial charge in [0.15, 0.2) is 0 Å². The summed E-state index contributed by atoms with van der Waals surface area (Å²) in [4.78, 5) is 35.4. The lowest BCUT2D eigenvalue weighted by atomic mass is 10.1. The average molecular weight is 272 g/mol. The monoisotopic (exact) mass is 272 g/mol. The maximum Gasteiger partial charge on any atom is 0.277 e. The van der Waals surface area contributed by atoms with Crippen molar-refractivity contribution in [2.24, 2.45) is 0 Å². The molecule has 1 aliphatic rings. The number of carbonyl (C=O) groups is 2. The molecule has 1 atom stereocenters. The molecule has 1 fully saturated rings. The zero-order valence-corrected chi connectivity index (χ0v) is 10.5. The molecule has 1 saturated heterocycles. The number of nitrogens with two attached hydrogens (primary N) is 1. The molecule has 1 aromatic heterocycles. The topological polar surface area (TPSA) is 107 Å². The first-order valence-corrected chi connectivity index (χ1v) is 6.17. The minimum absolute atomic E-state index is 0.187. The Kier molecular flexibility index (Phi) is 2.74. The van der Waals surface area contributed by atoms with Crippen molar-refractivity contribution in [1.29, 1.82) is 0 Å². The van der Waals surface area contributed by atoms with E-state index < -0.39 is 17.5 Å². The first kappa shape index (κ1) is 12.3. The fourth-order valence-corrected chi connectivity index (χ4v) is 2.37. The highest BCUT2D eigenvalue weighted by Crippen LogP contribution is 2.19. The first-order chi connectivity index (χ1) is 9.58. The molecule has 0 aliphatic carbocycles. The van der Waals surface area contributed by atoms with Crippen molar-refractivity contribution in [1.82, 2.24) is 15.1 Å². The number of nitrogens with zero attached hydrogens (tertiary/aromatic N) is 2. The minimum atomic E-state index is -0.774. The highest BCUT2D eigenvalue weighted by atomic mass is 16.2. The highest BCUT2D eigenvalue weighted by molar-refractivity contribution is 5.99. The van der Waals surface area contributed by atoms with Crippen LogP contribution >= 0.6 is 0 Å². The molecule has 3 rings (SSSR count). The van der Waals surface area contributed by atoms with Crippen molar-refractivity contribution >= 4 is 28.3 Å². The van der Waals surface area contributed by atoms with Gasteiger partial charge in [0.2, 0.25) is 5.91 Å². The summed E-state index contributed by atoms with van der Waals surface area (Å²) >= 11 is 0. The molecule has 2 aromatic rings. The number of hydrogen-bond donors (Lipinski definition) is 2. The Hall–Kier alpha value is -2.70. The van der Waals surface area contributed by atoms with Crippen LogP contribution in [0, 0.1) is 0 Å². The van der Waals surface area contributed by atoms with E-state index in [-0.39, 0.29) is 18.7 Å². The number of aromatic nitrogens is 2. The molecule has 7 heteroatoms. The number of benzene rings is 1. The van der Waals surface area contributed by atoms with Crippen molar-refractivity contribution in [2.75, 3.05) is 5.73 Å². The van der Waals surface area contributed by atoms with Crippen LogP contribution in [-0.2, 0) is 9.59 Å². The van der Waals surface area contributed by atoms with Crippen LogP contribution in [0.5, 0.6) is 0 Å². The molecule has 0 bridgehead atoms. The van der Waals surface area contributed by atoms with E-state index in [9.17, 15) is 14.4 Å². The van der Waals surface area contributed by atoms with E-state index in [2.05, 4.69) is 10.4 Å². The lowest BCUT2D eigenvalue weighted by Crippen LogP contribution is -2.45. The largest absolute Gasteiger partial charge is 0.398 e. The maximum absolute atomic E-state index is 12.4. The number of hydrogen-bond acceptors (Lipinski definition) is 5. The second kappa shape index (κ2) is 4.44. The smallest absolute Gasteiger partial charge is 0.277 e. The van der Waals surface area contributed by atoms with E-state index >= 15 is 0 Å². The number of amides is 2. The molecule has 20 heavy (non-hydrogen) atoms. The van der Waals surface area contributed by atoms with Gasteiger partial charge in [-0.15, -0.1) is 0 Å². The summed E-state index contributed by atoms with van der Waals surface area (Å²) in [6, 6.07) is 4.31. The molecule has 2 heterocycles. The molecule has 1 unspecified atom stereocenters. The second-order valence-corrected chi connectivity index (χ2v) is 4.67. The second-order valence-electron chi connectivity index (χ2n) is 4.67. The number of piperidine rings is 1. The van der Waals surface area contributed by atoms with Gasteiger partial charge in [0, 0.05) is 17.5 Å². The molecule has 2 amide bonds. The Morgan fingerprint density at radius 1 is 1.30 bits per heavy atom. The Morgan fingerprint density at radius 3 is 2.85 bits per heavy atom. The van der Waals surface area contributed by atoms with Gasteiger partial charge in [-0.05, 0) is 12.5 Å². The number of rotatable bonds is 1. The van der Waals surface area contributed by atoms with Crippen molar-refractivity contribution in [3.63, 3.8) is 0 Å². The third-order valence-corrected chi connectivity index (χ3v) is 3.38. The molecular weight excluding hydrogens is 260 g/mol. The van der Waals surface area contributed by atoms with Gasteiger partial charge in [-0.3, -0.25) is 19.7 Å². The highest BCUT2D eigenvalue weighted by Gasteiger charge is 2.30. The molecule has 102 valence electrons. The van der Waals surface area contributed by atoms with Crippen LogP contribution in [0.4, 0.5) is 5.69 Å². The van der Waals surface area contributed by atoms with E-state index in [1.54, 1.807) is 18.2 Å². The number of imide groups is 1. The lowest BCUT2D eigenvalue weighted by molar-refractivity contribution is -0.136. The predicted molar refractivity (Wildman–Crippen MR) is 71.8 cm³/mol. The van der Waals surface area contributed by atoms with Crippen LogP contribution in [0.25, 0.3) is 10.8 Å². The van der Waals surface area contributed by atoms with E-state index in [1.807, 2.05) is 0 Å². The molecule has 0 spiro atoms. The lowest BCUT2D eigenvalue weighted by Gasteiger charge is -2.21. The number of nitrogen functional groups attached to an aromatic ring is 1. The fraction of sp³-hybridized carbons (Fsp3) is 0.231. The van der Waals surface area contributed by atoms with Gasteiger partial charge in [0.1, 0.15) is 6.04 Å². The molecule has 0 radical (unpaired) electrons. The van der Waals surface area contributed by atoms with E-state index in [0.717, 1.165) is 4.68 Å². The van der Waals surface area contributed by atoms with Crippen molar-refractivity contribution in [3.8, 4) is 0 Å². The van der Waals surface area contributed by atoms with Gasteiger partial charge in [-0.1, -0.05) is 12.1 Å². The summed E-state index contributed by atoms with van der Waals surface area (Å²) in [6.45, 7) is 0. The zero-order chi connectivity index (χ0) is 14.3. The standard InChI is InChI=1S/C13H12N4O3/c14-8-3-1-2-7-6-15-17(13(20)11(7)8)9-4-5-10(18)16-12(9)19/h1-3,6,9H,4-5,14H2,(H,16,18,19). The third kappa shape index (κ3) is 1.83. The maximum atomic E-state index is 12.4. The van der Waals surface area contributed by atoms with Crippen LogP contribution in [0.1, 0.15) is 18.9 Å². The van der Waals surface area contributed by atoms with Gasteiger partial charge in [-0.25, -0.2) is 4.68 Å². The Morgan fingerprint density at radius 2 is 2.10 bits per heavy atom. The third-order valence-electron chi connectivity index (χ3n) is 3.38. The van der Waals surface area contributed by atoms with Crippen LogP contribution in [0.2, 0.25) is 0 Å². The molecule has 1 aromatic carbocycles. The summed E-state index contributed by atoms with van der Waals surface area (Å²) < 4.78 is 1.10. The van der Waals surface area contributed by atoms with Gasteiger partial charge < -0.3 is 5.73 Å². The Balaban J connectivity index is 2.16. The summed E-state index contributed by atoms with van der Waals surface area (Å²) in [5.41, 5.74) is 5.74. The van der Waals surface area contributed by atoms with Gasteiger partial charge in [-0.2, -0.15) is 5.10 Å². The minimum Gasteiger partial charge on any atom is -0.398 e. The van der Waals surface area contributed by atoms with Crippen molar-refractivity contribution in [2.45, 2.75) is 18.9 Å². The normalized spacial score (nSPS) is 19.1. The summed E-state index contributed by atoms with van der Waals surface area (Å²) in [6.07, 6.45) is 1.94. The molecule has 7 nitrogen and oxygen atoms in total. The summed E-state index contributed by atoms with van der Waals surface area (Å²) in [7, 11) is 0. The van der Waals surface area contributed by atoms with Crippen molar-refractivity contribution < 1.29 is 9.59 Å². The van der Waals surface area contributed by atoms with Crippen LogP contribution in [-0.4, -0.2) is 21.6 Å². The van der Waals surface area contributed by atoms with Crippen LogP contribution < -0.4 is 16.6 Å². The van der Waals surface area contributed by atoms with Crippen molar-refractivity contribution in [3.05, 3.63) is 34.7 Å². The van der Waals surface area contributed by atoms with Crippen LogP contribution in [0.3, 0.4) is 0 Å². The van der Waals surface area contributed by atoms with E-state index in [0.29, 0.717) is 16.5 Å². The molecule has 3 N–H and O–H groups in total. The van der Waals surface area contributed by atoms with E-state index in [1.165, 1.54) is 6.20 Å². The average Bonchev–Trinajstić information content (AvgIpc) is 2.40. The van der Waals surface area contributed by atoms with Crippen LogP contribution in [0.15, 0.2) is 29.2 Å². The Labute approximate surface area is 113 Å². The zero-order valence-electron chi connectivity index (χ0n) is 10.5. The Bertz CT molecular complexity index is 781. The van der Waals surface area contributed by atoms with Gasteiger partial charge >= 0.3 is 0 Å². The van der Waals surface area contributed by atoms with Gasteiger partial charge in [0.05, 0.1) is 11.6 Å². The SMILES string of the molecule is Nc1cccc2cnn(C3CCC(=O)NC3=O)c(=O)c12. The molecule has 1 aliphatic heterocycles. The summed E-state index contributed by atoms with van der Waals surface area (Å²) in [5, 5.41) is 7.20. The molecular formula is C13H12N4O3. The molecule has 0 saturated carbocycles. The number of anilines is 1. The quantitative estimate of drug-likeness (QED) is 0.559. The predicted octanol–water partition coefficient (Wildman–Crippen LogP) is -0.0436. The van der Waals surface area contributed by atoms with E-state index in [4.69, 9.17) is 5.73 Å². The first-order valence-electron chi connectivity index (χ1n) is 6.17. The van der Waals surface area contributed by atoms with Gasteiger partial charge in [0.25, 0.3) is 11.5 Å². The fourth-order valence-electron chi connectivity index (χ4n) is 2.37. The number of carbonyl (C=O) groups excluding carboxylic acids is 2. The summed E-state index contributed by atoms with van der Waals surface area (Å²) in [5.74, 6) is -0.843. The number of nitrogens with one attached hydrogen (secondary N) is 1.